The maximum Gasteiger partial charge on any atom is 0.125 e. The Morgan fingerprint density at radius 2 is 1.83 bits per heavy atom. The van der Waals surface area contributed by atoms with Crippen LogP contribution in [0, 0.1) is 0 Å². The zero-order valence-electron chi connectivity index (χ0n) is 3.34. The first kappa shape index (κ1) is 6.62. The molecule has 2 N–H and O–H groups in total. The van der Waals surface area contributed by atoms with E-state index in [1.54, 1.807) is 6.92 Å². The van der Waals surface area contributed by atoms with Crippen LogP contribution in [0.25, 0.3) is 0 Å². The van der Waals surface area contributed by atoms with Crippen molar-refractivity contribution in [3.05, 3.63) is 0 Å². The molecule has 0 aromatic carbocycles. The first-order chi connectivity index (χ1) is 2.56. The van der Waals surface area contributed by atoms with Gasteiger partial charge in [-0.05, 0) is 6.92 Å². The Labute approximate surface area is 47.7 Å². The van der Waals surface area contributed by atoms with E-state index < -0.39 is 4.20 Å². The van der Waals surface area contributed by atoms with Crippen molar-refractivity contribution in [1.29, 1.82) is 0 Å². The molecule has 0 aliphatic carbocycles. The molecule has 0 heterocycles. The van der Waals surface area contributed by atoms with Crippen LogP contribution in [0.4, 0.5) is 0 Å². The van der Waals surface area contributed by atoms with Crippen LogP contribution in [0.1, 0.15) is 6.92 Å². The highest BCUT2D eigenvalue weighted by atomic mass is 32.2. The summed E-state index contributed by atoms with van der Waals surface area (Å²) in [6, 6.07) is 0. The molecule has 0 aromatic heterocycles. The van der Waals surface area contributed by atoms with Crippen molar-refractivity contribution in [2.24, 2.45) is 0 Å². The van der Waals surface area contributed by atoms with E-state index in [0.717, 1.165) is 0 Å². The van der Waals surface area contributed by atoms with Crippen LogP contribution in [0.15, 0.2) is 0 Å². The van der Waals surface area contributed by atoms with Crippen LogP contribution in [0.2, 0.25) is 0 Å². The van der Waals surface area contributed by atoms with E-state index in [0.29, 0.717) is 0 Å². The molecule has 0 unspecified atom stereocenters. The molecule has 0 saturated heterocycles. The summed E-state index contributed by atoms with van der Waals surface area (Å²) in [5.74, 6) is 0. The summed E-state index contributed by atoms with van der Waals surface area (Å²) in [6.45, 7) is 1.61. The molecule has 0 atom stereocenters. The summed E-state index contributed by atoms with van der Waals surface area (Å²) in [4.78, 5) is 0. The molecule has 0 amide bonds. The smallest absolute Gasteiger partial charge is 0.125 e. The number of nitrogens with one attached hydrogen (secondary N) is 1. The molecule has 0 radical (unpaired) electrons. The number of hydrogen-bond donors (Lipinski definition) is 4. The number of hydroxylamine groups is 1. The summed E-state index contributed by atoms with van der Waals surface area (Å²) >= 11 is 7.52. The summed E-state index contributed by atoms with van der Waals surface area (Å²) in [7, 11) is 0. The van der Waals surface area contributed by atoms with Crippen molar-refractivity contribution >= 4 is 25.3 Å². The molecule has 0 saturated carbocycles. The van der Waals surface area contributed by atoms with E-state index in [1.807, 2.05) is 5.48 Å². The lowest BCUT2D eigenvalue weighted by atomic mass is 10.8. The van der Waals surface area contributed by atoms with Gasteiger partial charge in [0.15, 0.2) is 0 Å². The lowest BCUT2D eigenvalue weighted by molar-refractivity contribution is 0.153. The maximum absolute atomic E-state index is 8.00. The van der Waals surface area contributed by atoms with E-state index in [2.05, 4.69) is 25.3 Å². The molecule has 4 heteroatoms. The Balaban J connectivity index is 3.17. The minimum Gasteiger partial charge on any atom is -0.315 e. The second-order valence-electron chi connectivity index (χ2n) is 1.13. The molecular formula is C2H7NOS2. The van der Waals surface area contributed by atoms with Crippen LogP contribution >= 0.6 is 25.3 Å². The van der Waals surface area contributed by atoms with Crippen LogP contribution in [-0.4, -0.2) is 9.41 Å². The van der Waals surface area contributed by atoms with Crippen molar-refractivity contribution in [2.75, 3.05) is 0 Å². The average molecular weight is 125 g/mol. The van der Waals surface area contributed by atoms with E-state index in [1.165, 1.54) is 0 Å². The zero-order chi connectivity index (χ0) is 5.21. The molecule has 0 spiro atoms. The van der Waals surface area contributed by atoms with Gasteiger partial charge in [0.25, 0.3) is 0 Å². The maximum atomic E-state index is 8.00. The van der Waals surface area contributed by atoms with Crippen molar-refractivity contribution < 1.29 is 5.21 Å². The third-order valence-electron chi connectivity index (χ3n) is 0.212. The fraction of sp³-hybridized carbons (Fsp3) is 1.00. The Morgan fingerprint density at radius 1 is 1.67 bits per heavy atom. The van der Waals surface area contributed by atoms with Crippen LogP contribution < -0.4 is 5.48 Å². The van der Waals surface area contributed by atoms with Gasteiger partial charge in [-0.15, -0.1) is 25.3 Å². The SMILES string of the molecule is CC(S)(S)NO. The molecular weight excluding hydrogens is 118 g/mol. The summed E-state index contributed by atoms with van der Waals surface area (Å²) in [5.41, 5.74) is 1.83. The molecule has 2 nitrogen and oxygen atoms in total. The zero-order valence-corrected chi connectivity index (χ0v) is 5.13. The van der Waals surface area contributed by atoms with Crippen LogP contribution in [-0.2, 0) is 0 Å². The van der Waals surface area contributed by atoms with Crippen molar-refractivity contribution in [3.8, 4) is 0 Å². The van der Waals surface area contributed by atoms with Gasteiger partial charge in [-0.3, -0.25) is 0 Å². The molecule has 0 rings (SSSR count). The number of rotatable bonds is 1. The largest absolute Gasteiger partial charge is 0.315 e. The minimum absolute atomic E-state index is 0.764. The lowest BCUT2D eigenvalue weighted by Gasteiger charge is -2.10. The third-order valence-corrected chi connectivity index (χ3v) is 0.412. The van der Waals surface area contributed by atoms with Crippen molar-refractivity contribution in [3.63, 3.8) is 0 Å². The highest BCUT2D eigenvalue weighted by Gasteiger charge is 2.06. The topological polar surface area (TPSA) is 32.3 Å². The standard InChI is InChI=1S/C2H7NOS2/c1-2(5,6)3-4/h3-6H,1H3. The predicted molar refractivity (Wildman–Crippen MR) is 31.3 cm³/mol. The summed E-state index contributed by atoms with van der Waals surface area (Å²) < 4.78 is -0.764. The Kier molecular flexibility index (Phi) is 2.28. The first-order valence-corrected chi connectivity index (χ1v) is 2.32. The van der Waals surface area contributed by atoms with Crippen molar-refractivity contribution in [1.82, 2.24) is 5.48 Å². The Hall–Kier alpha value is 0.620. The highest BCUT2D eigenvalue weighted by molar-refractivity contribution is 8.00. The first-order valence-electron chi connectivity index (χ1n) is 1.42. The van der Waals surface area contributed by atoms with Gasteiger partial charge in [0.1, 0.15) is 4.20 Å². The predicted octanol–water partition coefficient (Wildman–Crippen LogP) is 0.498. The van der Waals surface area contributed by atoms with Gasteiger partial charge in [0, 0.05) is 0 Å². The van der Waals surface area contributed by atoms with E-state index >= 15 is 0 Å². The molecule has 0 aliphatic heterocycles. The molecule has 0 fully saturated rings. The molecule has 0 bridgehead atoms. The summed E-state index contributed by atoms with van der Waals surface area (Å²) in [5, 5.41) is 8.00. The fourth-order valence-electron chi connectivity index (χ4n) is 0. The van der Waals surface area contributed by atoms with Gasteiger partial charge in [-0.25, -0.2) is 0 Å². The number of hydrogen-bond acceptors (Lipinski definition) is 4. The molecule has 0 aromatic rings. The number of thiol groups is 2. The van der Waals surface area contributed by atoms with E-state index in [4.69, 9.17) is 5.21 Å². The van der Waals surface area contributed by atoms with E-state index in [9.17, 15) is 0 Å². The van der Waals surface area contributed by atoms with Gasteiger partial charge in [0.05, 0.1) is 0 Å². The van der Waals surface area contributed by atoms with Crippen LogP contribution in [0.3, 0.4) is 0 Å². The third kappa shape index (κ3) is 4.62. The van der Waals surface area contributed by atoms with Crippen LogP contribution in [0.5, 0.6) is 0 Å². The van der Waals surface area contributed by atoms with E-state index in [-0.39, 0.29) is 0 Å². The molecule has 0 aliphatic rings. The van der Waals surface area contributed by atoms with Gasteiger partial charge in [-0.2, -0.15) is 5.48 Å². The van der Waals surface area contributed by atoms with Gasteiger partial charge in [-0.1, -0.05) is 0 Å². The monoisotopic (exact) mass is 125 g/mol. The second kappa shape index (κ2) is 2.07. The van der Waals surface area contributed by atoms with Gasteiger partial charge < -0.3 is 5.21 Å². The fourth-order valence-corrected chi connectivity index (χ4v) is 0. The Morgan fingerprint density at radius 3 is 1.83 bits per heavy atom. The Bertz CT molecular complexity index is 41.3. The average Bonchev–Trinajstić information content (AvgIpc) is 1.35. The molecule has 38 valence electrons. The quantitative estimate of drug-likeness (QED) is 0.234. The normalized spacial score (nSPS) is 12.0. The summed E-state index contributed by atoms with van der Waals surface area (Å²) in [6.07, 6.45) is 0. The highest BCUT2D eigenvalue weighted by Crippen LogP contribution is 2.10. The van der Waals surface area contributed by atoms with Crippen molar-refractivity contribution in [2.45, 2.75) is 11.1 Å². The molecule has 6 heavy (non-hydrogen) atoms. The van der Waals surface area contributed by atoms with Gasteiger partial charge >= 0.3 is 0 Å². The minimum atomic E-state index is -0.764. The lowest BCUT2D eigenvalue weighted by Crippen LogP contribution is -2.26. The second-order valence-corrected chi connectivity index (χ2v) is 3.27. The van der Waals surface area contributed by atoms with Gasteiger partial charge in [0.2, 0.25) is 0 Å².